The Balaban J connectivity index is 2.14. The number of carbonyl (C=O) groups excluding carboxylic acids is 1. The van der Waals surface area contributed by atoms with Gasteiger partial charge in [0, 0.05) is 11.8 Å². The van der Waals surface area contributed by atoms with Gasteiger partial charge in [-0.1, -0.05) is 17.7 Å². The van der Waals surface area contributed by atoms with Gasteiger partial charge in [0.25, 0.3) is 0 Å². The topological polar surface area (TPSA) is 67.3 Å². The SMILES string of the molecule is CC(=O)c1sc(CSc2ccc(C)cc2)nc1C(=O)O. The molecule has 0 saturated heterocycles. The van der Waals surface area contributed by atoms with Crippen LogP contribution in [0.25, 0.3) is 0 Å². The predicted molar refractivity (Wildman–Crippen MR) is 79.8 cm³/mol. The molecule has 0 spiro atoms. The third-order valence-electron chi connectivity index (χ3n) is 2.58. The Kier molecular flexibility index (Phi) is 4.57. The lowest BCUT2D eigenvalue weighted by Gasteiger charge is -1.99. The molecular weight excluding hydrogens is 294 g/mol. The number of aryl methyl sites for hydroxylation is 1. The van der Waals surface area contributed by atoms with E-state index in [0.717, 1.165) is 16.2 Å². The standard InChI is InChI=1S/C14H13NO3S2/c1-8-3-5-10(6-4-8)19-7-11-15-12(14(17)18)13(20-11)9(2)16/h3-6H,7H2,1-2H3,(H,17,18). The normalized spacial score (nSPS) is 10.5. The Morgan fingerprint density at radius 3 is 2.45 bits per heavy atom. The van der Waals surface area contributed by atoms with Crippen LogP contribution in [-0.2, 0) is 5.75 Å². The number of rotatable bonds is 5. The molecule has 0 atom stereocenters. The molecule has 0 amide bonds. The summed E-state index contributed by atoms with van der Waals surface area (Å²) in [4.78, 5) is 27.8. The summed E-state index contributed by atoms with van der Waals surface area (Å²) in [6, 6.07) is 8.07. The van der Waals surface area contributed by atoms with Gasteiger partial charge in [-0.15, -0.1) is 23.1 Å². The number of hydrogen-bond acceptors (Lipinski definition) is 5. The Morgan fingerprint density at radius 2 is 1.95 bits per heavy atom. The molecular formula is C14H13NO3S2. The van der Waals surface area contributed by atoms with Crippen LogP contribution in [0.2, 0.25) is 0 Å². The Labute approximate surface area is 124 Å². The highest BCUT2D eigenvalue weighted by atomic mass is 32.2. The van der Waals surface area contributed by atoms with E-state index in [1.807, 2.05) is 31.2 Å². The van der Waals surface area contributed by atoms with Crippen molar-refractivity contribution in [1.29, 1.82) is 0 Å². The van der Waals surface area contributed by atoms with Crippen molar-refractivity contribution in [2.45, 2.75) is 24.5 Å². The summed E-state index contributed by atoms with van der Waals surface area (Å²) in [7, 11) is 0. The van der Waals surface area contributed by atoms with Gasteiger partial charge in [-0.05, 0) is 19.1 Å². The van der Waals surface area contributed by atoms with Gasteiger partial charge >= 0.3 is 5.97 Å². The molecule has 2 rings (SSSR count). The fraction of sp³-hybridized carbons (Fsp3) is 0.214. The second kappa shape index (κ2) is 6.19. The molecule has 0 saturated carbocycles. The molecule has 0 bridgehead atoms. The average molecular weight is 307 g/mol. The van der Waals surface area contributed by atoms with Gasteiger partial charge in [-0.2, -0.15) is 0 Å². The van der Waals surface area contributed by atoms with Crippen molar-refractivity contribution in [1.82, 2.24) is 4.98 Å². The van der Waals surface area contributed by atoms with Crippen LogP contribution < -0.4 is 0 Å². The van der Waals surface area contributed by atoms with E-state index in [4.69, 9.17) is 5.11 Å². The number of aromatic nitrogens is 1. The van der Waals surface area contributed by atoms with E-state index in [1.165, 1.54) is 12.5 Å². The van der Waals surface area contributed by atoms with E-state index in [9.17, 15) is 9.59 Å². The smallest absolute Gasteiger partial charge is 0.356 e. The molecule has 0 aliphatic heterocycles. The number of ketones is 1. The first-order valence-corrected chi connectivity index (χ1v) is 7.71. The zero-order chi connectivity index (χ0) is 14.7. The predicted octanol–water partition coefficient (Wildman–Crippen LogP) is 3.64. The summed E-state index contributed by atoms with van der Waals surface area (Å²) >= 11 is 2.73. The first-order valence-electron chi connectivity index (χ1n) is 5.91. The van der Waals surface area contributed by atoms with Crippen molar-refractivity contribution in [3.05, 3.63) is 45.4 Å². The van der Waals surface area contributed by atoms with Gasteiger partial charge in [0.05, 0.1) is 5.75 Å². The number of carbonyl (C=O) groups is 2. The van der Waals surface area contributed by atoms with Crippen molar-refractivity contribution in [3.8, 4) is 0 Å². The molecule has 20 heavy (non-hydrogen) atoms. The number of carboxylic acids is 1. The number of Topliss-reactive ketones (excluding diaryl/α,β-unsaturated/α-hetero) is 1. The van der Waals surface area contributed by atoms with Crippen LogP contribution in [0.15, 0.2) is 29.2 Å². The molecule has 0 unspecified atom stereocenters. The van der Waals surface area contributed by atoms with E-state index in [-0.39, 0.29) is 16.4 Å². The Morgan fingerprint density at radius 1 is 1.30 bits per heavy atom. The summed E-state index contributed by atoms with van der Waals surface area (Å²) in [5.74, 6) is -0.856. The summed E-state index contributed by atoms with van der Waals surface area (Å²) in [6.45, 7) is 3.38. The molecule has 104 valence electrons. The monoisotopic (exact) mass is 307 g/mol. The lowest BCUT2D eigenvalue weighted by molar-refractivity contribution is 0.0687. The fourth-order valence-electron chi connectivity index (χ4n) is 1.59. The highest BCUT2D eigenvalue weighted by Gasteiger charge is 2.20. The van der Waals surface area contributed by atoms with Crippen LogP contribution in [0.3, 0.4) is 0 Å². The largest absolute Gasteiger partial charge is 0.476 e. The van der Waals surface area contributed by atoms with E-state index in [1.54, 1.807) is 11.8 Å². The third kappa shape index (κ3) is 3.46. The van der Waals surface area contributed by atoms with Crippen molar-refractivity contribution in [2.75, 3.05) is 0 Å². The number of thioether (sulfide) groups is 1. The molecule has 4 nitrogen and oxygen atoms in total. The minimum absolute atomic E-state index is 0.137. The first-order chi connectivity index (χ1) is 9.47. The van der Waals surface area contributed by atoms with Crippen LogP contribution in [0.1, 0.15) is 37.7 Å². The Bertz CT molecular complexity index is 615. The zero-order valence-electron chi connectivity index (χ0n) is 11.0. The minimum Gasteiger partial charge on any atom is -0.476 e. The molecule has 1 heterocycles. The van der Waals surface area contributed by atoms with Crippen LogP contribution in [-0.4, -0.2) is 21.8 Å². The third-order valence-corrected chi connectivity index (χ3v) is 4.94. The molecule has 1 aromatic carbocycles. The molecule has 0 aliphatic carbocycles. The lowest BCUT2D eigenvalue weighted by atomic mass is 10.2. The molecule has 0 fully saturated rings. The number of thiazole rings is 1. The number of carboxylic acid groups (broad SMARTS) is 1. The second-order valence-electron chi connectivity index (χ2n) is 4.25. The lowest BCUT2D eigenvalue weighted by Crippen LogP contribution is -2.03. The van der Waals surface area contributed by atoms with E-state index in [0.29, 0.717) is 10.8 Å². The first kappa shape index (κ1) is 14.7. The van der Waals surface area contributed by atoms with Gasteiger partial charge < -0.3 is 5.11 Å². The second-order valence-corrected chi connectivity index (χ2v) is 6.38. The van der Waals surface area contributed by atoms with Gasteiger partial charge in [0.1, 0.15) is 9.88 Å². The summed E-state index contributed by atoms with van der Waals surface area (Å²) < 4.78 is 0. The number of aromatic carboxylic acids is 1. The van der Waals surface area contributed by atoms with E-state index < -0.39 is 5.97 Å². The Hall–Kier alpha value is -1.66. The zero-order valence-corrected chi connectivity index (χ0v) is 12.7. The maximum Gasteiger partial charge on any atom is 0.356 e. The van der Waals surface area contributed by atoms with E-state index >= 15 is 0 Å². The summed E-state index contributed by atoms with van der Waals surface area (Å²) in [5.41, 5.74) is 1.05. The van der Waals surface area contributed by atoms with Crippen LogP contribution >= 0.6 is 23.1 Å². The van der Waals surface area contributed by atoms with Crippen LogP contribution in [0.5, 0.6) is 0 Å². The van der Waals surface area contributed by atoms with Gasteiger partial charge in [-0.25, -0.2) is 9.78 Å². The molecule has 2 aromatic rings. The summed E-state index contributed by atoms with van der Waals surface area (Å²) in [6.07, 6.45) is 0. The van der Waals surface area contributed by atoms with E-state index in [2.05, 4.69) is 4.98 Å². The molecule has 0 aliphatic rings. The number of benzene rings is 1. The summed E-state index contributed by atoms with van der Waals surface area (Å²) in [5, 5.41) is 9.68. The van der Waals surface area contributed by atoms with Gasteiger partial charge in [-0.3, -0.25) is 4.79 Å². The van der Waals surface area contributed by atoms with Crippen molar-refractivity contribution < 1.29 is 14.7 Å². The van der Waals surface area contributed by atoms with Crippen molar-refractivity contribution in [2.24, 2.45) is 0 Å². The maximum absolute atomic E-state index is 11.4. The number of hydrogen-bond donors (Lipinski definition) is 1. The van der Waals surface area contributed by atoms with Crippen LogP contribution in [0, 0.1) is 6.92 Å². The maximum atomic E-state index is 11.4. The number of nitrogens with zero attached hydrogens (tertiary/aromatic N) is 1. The average Bonchev–Trinajstić information content (AvgIpc) is 2.83. The van der Waals surface area contributed by atoms with Gasteiger partial charge in [0.15, 0.2) is 11.5 Å². The fourth-order valence-corrected chi connectivity index (χ4v) is 3.43. The molecule has 1 N–H and O–H groups in total. The molecule has 0 radical (unpaired) electrons. The van der Waals surface area contributed by atoms with Crippen molar-refractivity contribution >= 4 is 34.9 Å². The quantitative estimate of drug-likeness (QED) is 0.674. The molecule has 1 aromatic heterocycles. The highest BCUT2D eigenvalue weighted by molar-refractivity contribution is 7.98. The van der Waals surface area contributed by atoms with Gasteiger partial charge in [0.2, 0.25) is 0 Å². The van der Waals surface area contributed by atoms with Crippen molar-refractivity contribution in [3.63, 3.8) is 0 Å². The van der Waals surface area contributed by atoms with Crippen LogP contribution in [0.4, 0.5) is 0 Å². The minimum atomic E-state index is -1.15. The molecule has 6 heteroatoms. The highest BCUT2D eigenvalue weighted by Crippen LogP contribution is 2.27.